The van der Waals surface area contributed by atoms with Crippen molar-refractivity contribution in [2.45, 2.75) is 26.1 Å². The van der Waals surface area contributed by atoms with E-state index in [1.807, 2.05) is 0 Å². The largest absolute Gasteiger partial charge is 0.507 e. The molecular weight excluding hydrogens is 252 g/mol. The summed E-state index contributed by atoms with van der Waals surface area (Å²) in [5.41, 5.74) is 0.149. The molecule has 0 fully saturated rings. The maximum atomic E-state index is 11.3. The Bertz CT molecular complexity index is 482. The van der Waals surface area contributed by atoms with Crippen molar-refractivity contribution < 1.29 is 29.6 Å². The number of phenols is 1. The molecule has 2 unspecified atom stereocenters. The molecule has 6 nitrogen and oxygen atoms in total. The number of aromatic hydroxyl groups is 1. The minimum absolute atomic E-state index is 0.00705. The van der Waals surface area contributed by atoms with Crippen molar-refractivity contribution in [3.63, 3.8) is 0 Å². The van der Waals surface area contributed by atoms with Gasteiger partial charge in [0.15, 0.2) is 11.9 Å². The monoisotopic (exact) mass is 268 g/mol. The van der Waals surface area contributed by atoms with Crippen LogP contribution in [-0.2, 0) is 9.53 Å². The summed E-state index contributed by atoms with van der Waals surface area (Å²) in [6.07, 6.45) is -3.28. The third kappa shape index (κ3) is 3.52. The Labute approximate surface area is 110 Å². The van der Waals surface area contributed by atoms with E-state index in [2.05, 4.69) is 4.74 Å². The van der Waals surface area contributed by atoms with Crippen molar-refractivity contribution in [1.29, 1.82) is 0 Å². The SMILES string of the molecule is CCOC(=O)C(O)C(O)c1ccc(O)c(C(C)=O)c1. The smallest absolute Gasteiger partial charge is 0.338 e. The number of aliphatic hydroxyl groups excluding tert-OH is 2. The summed E-state index contributed by atoms with van der Waals surface area (Å²) in [6, 6.07) is 3.76. The Hall–Kier alpha value is -1.92. The van der Waals surface area contributed by atoms with Crippen LogP contribution in [0.15, 0.2) is 18.2 Å². The number of esters is 1. The summed E-state index contributed by atoms with van der Waals surface area (Å²) in [5, 5.41) is 28.9. The molecule has 0 saturated carbocycles. The molecule has 0 aliphatic carbocycles. The lowest BCUT2D eigenvalue weighted by Crippen LogP contribution is -2.30. The number of aliphatic hydroxyl groups is 2. The van der Waals surface area contributed by atoms with E-state index in [1.54, 1.807) is 6.92 Å². The number of hydrogen-bond donors (Lipinski definition) is 3. The number of carbonyl (C=O) groups excluding carboxylic acids is 2. The zero-order valence-corrected chi connectivity index (χ0v) is 10.7. The quantitative estimate of drug-likeness (QED) is 0.532. The highest BCUT2D eigenvalue weighted by atomic mass is 16.5. The van der Waals surface area contributed by atoms with Gasteiger partial charge in [-0.05, 0) is 31.5 Å². The zero-order valence-electron chi connectivity index (χ0n) is 10.7. The average Bonchev–Trinajstić information content (AvgIpc) is 2.37. The molecule has 104 valence electrons. The first kappa shape index (κ1) is 15.1. The van der Waals surface area contributed by atoms with Crippen molar-refractivity contribution >= 4 is 11.8 Å². The highest BCUT2D eigenvalue weighted by molar-refractivity contribution is 5.96. The third-order valence-electron chi connectivity index (χ3n) is 2.57. The normalized spacial score (nSPS) is 13.7. The first-order valence-electron chi connectivity index (χ1n) is 5.75. The molecule has 0 saturated heterocycles. The second kappa shape index (κ2) is 6.31. The predicted octanol–water partition coefficient (Wildman–Crippen LogP) is 0.552. The molecular formula is C13H16O6. The van der Waals surface area contributed by atoms with Crippen LogP contribution in [0.1, 0.15) is 35.9 Å². The van der Waals surface area contributed by atoms with E-state index in [4.69, 9.17) is 0 Å². The second-order valence-corrected chi connectivity index (χ2v) is 3.97. The van der Waals surface area contributed by atoms with Gasteiger partial charge in [0.1, 0.15) is 11.9 Å². The van der Waals surface area contributed by atoms with Crippen LogP contribution in [0.25, 0.3) is 0 Å². The first-order valence-corrected chi connectivity index (χ1v) is 5.75. The number of rotatable bonds is 5. The van der Waals surface area contributed by atoms with Crippen LogP contribution in [0.2, 0.25) is 0 Å². The van der Waals surface area contributed by atoms with Crippen molar-refractivity contribution in [1.82, 2.24) is 0 Å². The van der Waals surface area contributed by atoms with E-state index in [1.165, 1.54) is 25.1 Å². The maximum absolute atomic E-state index is 11.3. The van der Waals surface area contributed by atoms with Crippen molar-refractivity contribution in [3.05, 3.63) is 29.3 Å². The lowest BCUT2D eigenvalue weighted by atomic mass is 10.00. The standard InChI is InChI=1S/C13H16O6/c1-3-19-13(18)12(17)11(16)8-4-5-10(15)9(6-8)7(2)14/h4-6,11-12,15-17H,3H2,1-2H3. The molecule has 1 aromatic carbocycles. The van der Waals surface area contributed by atoms with Gasteiger partial charge in [0.2, 0.25) is 0 Å². The van der Waals surface area contributed by atoms with E-state index in [9.17, 15) is 24.9 Å². The number of carbonyl (C=O) groups is 2. The minimum Gasteiger partial charge on any atom is -0.507 e. The van der Waals surface area contributed by atoms with Gasteiger partial charge < -0.3 is 20.1 Å². The summed E-state index contributed by atoms with van der Waals surface area (Å²) in [7, 11) is 0. The van der Waals surface area contributed by atoms with E-state index >= 15 is 0 Å². The molecule has 0 radical (unpaired) electrons. The minimum atomic E-state index is -1.75. The summed E-state index contributed by atoms with van der Waals surface area (Å²) >= 11 is 0. The second-order valence-electron chi connectivity index (χ2n) is 3.97. The van der Waals surface area contributed by atoms with Gasteiger partial charge in [-0.15, -0.1) is 0 Å². The van der Waals surface area contributed by atoms with Crippen molar-refractivity contribution in [2.24, 2.45) is 0 Å². The van der Waals surface area contributed by atoms with E-state index in [0.29, 0.717) is 0 Å². The molecule has 6 heteroatoms. The predicted molar refractivity (Wildman–Crippen MR) is 65.7 cm³/mol. The summed E-state index contributed by atoms with van der Waals surface area (Å²) < 4.78 is 4.58. The molecule has 1 rings (SSSR count). The Morgan fingerprint density at radius 1 is 1.32 bits per heavy atom. The molecule has 2 atom stereocenters. The van der Waals surface area contributed by atoms with Gasteiger partial charge in [-0.25, -0.2) is 4.79 Å². The van der Waals surface area contributed by atoms with Gasteiger partial charge in [0.25, 0.3) is 0 Å². The number of benzene rings is 1. The summed E-state index contributed by atoms with van der Waals surface area (Å²) in [4.78, 5) is 22.5. The van der Waals surface area contributed by atoms with E-state index < -0.39 is 24.0 Å². The number of ketones is 1. The number of hydrogen-bond acceptors (Lipinski definition) is 6. The molecule has 1 aromatic rings. The van der Waals surface area contributed by atoms with Gasteiger partial charge in [-0.1, -0.05) is 6.07 Å². The highest BCUT2D eigenvalue weighted by Crippen LogP contribution is 2.25. The molecule has 0 bridgehead atoms. The molecule has 0 aromatic heterocycles. The molecule has 0 aliphatic rings. The Morgan fingerprint density at radius 3 is 2.47 bits per heavy atom. The van der Waals surface area contributed by atoms with Gasteiger partial charge in [0, 0.05) is 0 Å². The van der Waals surface area contributed by atoms with E-state index in [0.717, 1.165) is 0 Å². The topological polar surface area (TPSA) is 104 Å². The van der Waals surface area contributed by atoms with Crippen LogP contribution in [0.3, 0.4) is 0 Å². The van der Waals surface area contributed by atoms with Gasteiger partial charge in [-0.3, -0.25) is 4.79 Å². The lowest BCUT2D eigenvalue weighted by molar-refractivity contribution is -0.159. The summed E-state index contributed by atoms with van der Waals surface area (Å²) in [5.74, 6) is -1.57. The number of phenolic OH excluding ortho intramolecular Hbond substituents is 1. The van der Waals surface area contributed by atoms with Crippen LogP contribution in [-0.4, -0.2) is 39.8 Å². The Kier molecular flexibility index (Phi) is 5.02. The van der Waals surface area contributed by atoms with Crippen LogP contribution >= 0.6 is 0 Å². The van der Waals surface area contributed by atoms with Crippen LogP contribution in [0, 0.1) is 0 Å². The fourth-order valence-corrected chi connectivity index (χ4v) is 1.56. The van der Waals surface area contributed by atoms with Gasteiger partial charge in [-0.2, -0.15) is 0 Å². The molecule has 3 N–H and O–H groups in total. The molecule has 0 heterocycles. The van der Waals surface area contributed by atoms with Gasteiger partial charge in [0.05, 0.1) is 12.2 Å². The number of ether oxygens (including phenoxy) is 1. The fourth-order valence-electron chi connectivity index (χ4n) is 1.56. The third-order valence-corrected chi connectivity index (χ3v) is 2.57. The van der Waals surface area contributed by atoms with Crippen molar-refractivity contribution in [2.75, 3.05) is 6.61 Å². The first-order chi connectivity index (χ1) is 8.88. The highest BCUT2D eigenvalue weighted by Gasteiger charge is 2.27. The molecule has 0 spiro atoms. The van der Waals surface area contributed by atoms with E-state index in [-0.39, 0.29) is 23.5 Å². The van der Waals surface area contributed by atoms with Crippen LogP contribution in [0.5, 0.6) is 5.75 Å². The van der Waals surface area contributed by atoms with Crippen LogP contribution < -0.4 is 0 Å². The lowest BCUT2D eigenvalue weighted by Gasteiger charge is -2.17. The van der Waals surface area contributed by atoms with Crippen molar-refractivity contribution in [3.8, 4) is 5.75 Å². The average molecular weight is 268 g/mol. The van der Waals surface area contributed by atoms with Crippen LogP contribution in [0.4, 0.5) is 0 Å². The molecule has 0 amide bonds. The van der Waals surface area contributed by atoms with Gasteiger partial charge >= 0.3 is 5.97 Å². The Morgan fingerprint density at radius 2 is 1.95 bits per heavy atom. The Balaban J connectivity index is 3.00. The molecule has 19 heavy (non-hydrogen) atoms. The maximum Gasteiger partial charge on any atom is 0.338 e. The molecule has 0 aliphatic heterocycles. The number of Topliss-reactive ketones (excluding diaryl/α,β-unsaturated/α-hetero) is 1. The zero-order chi connectivity index (χ0) is 14.6. The summed E-state index contributed by atoms with van der Waals surface area (Å²) in [6.45, 7) is 2.91. The fraction of sp³-hybridized carbons (Fsp3) is 0.385.